The molecule has 132 valence electrons. The summed E-state index contributed by atoms with van der Waals surface area (Å²) < 4.78 is 0. The molecule has 0 atom stereocenters. The Balaban J connectivity index is 1.50. The highest BCUT2D eigenvalue weighted by atomic mass is 32.1. The highest BCUT2D eigenvalue weighted by Gasteiger charge is 2.14. The summed E-state index contributed by atoms with van der Waals surface area (Å²) in [6.45, 7) is 2.11. The van der Waals surface area contributed by atoms with E-state index in [-0.39, 0.29) is 11.8 Å². The summed E-state index contributed by atoms with van der Waals surface area (Å²) in [6, 6.07) is 10.9. The van der Waals surface area contributed by atoms with E-state index >= 15 is 0 Å². The lowest BCUT2D eigenvalue weighted by Crippen LogP contribution is -2.28. The molecule has 1 aliphatic rings. The number of amides is 2. The second kappa shape index (κ2) is 8.78. The van der Waals surface area contributed by atoms with Crippen LogP contribution in [0.4, 0.5) is 11.4 Å². The number of piperidine rings is 1. The van der Waals surface area contributed by atoms with Gasteiger partial charge in [-0.1, -0.05) is 12.1 Å². The molecule has 2 aromatic rings. The van der Waals surface area contributed by atoms with Crippen molar-refractivity contribution in [2.24, 2.45) is 5.92 Å². The molecule has 0 bridgehead atoms. The average Bonchev–Trinajstić information content (AvgIpc) is 3.16. The summed E-state index contributed by atoms with van der Waals surface area (Å²) in [5, 5.41) is 11.0. The van der Waals surface area contributed by atoms with Gasteiger partial charge in [0.25, 0.3) is 5.91 Å². The molecular weight excluding hydrogens is 334 g/mol. The number of nitrogens with one attached hydrogen (secondary N) is 3. The number of hydrogen-bond donors (Lipinski definition) is 3. The molecule has 6 heteroatoms. The Hall–Kier alpha value is -2.18. The summed E-state index contributed by atoms with van der Waals surface area (Å²) in [7, 11) is 0. The fourth-order valence-corrected chi connectivity index (χ4v) is 3.62. The third-order valence-electron chi connectivity index (χ3n) is 4.39. The Morgan fingerprint density at radius 2 is 1.84 bits per heavy atom. The van der Waals surface area contributed by atoms with Crippen LogP contribution in [0.5, 0.6) is 0 Å². The molecule has 0 aliphatic carbocycles. The van der Waals surface area contributed by atoms with Crippen LogP contribution in [0, 0.1) is 5.92 Å². The maximum absolute atomic E-state index is 12.2. The monoisotopic (exact) mass is 357 g/mol. The molecule has 2 heterocycles. The van der Waals surface area contributed by atoms with Crippen LogP contribution in [0.15, 0.2) is 41.8 Å². The number of rotatable bonds is 6. The lowest BCUT2D eigenvalue weighted by Gasteiger charge is -2.22. The zero-order valence-electron chi connectivity index (χ0n) is 14.1. The Labute approximate surface area is 151 Å². The van der Waals surface area contributed by atoms with E-state index < -0.39 is 0 Å². The van der Waals surface area contributed by atoms with Crippen molar-refractivity contribution in [1.82, 2.24) is 5.32 Å². The van der Waals surface area contributed by atoms with E-state index in [0.717, 1.165) is 32.4 Å². The maximum Gasteiger partial charge on any atom is 0.265 e. The van der Waals surface area contributed by atoms with Crippen LogP contribution in [-0.2, 0) is 4.79 Å². The number of carbonyl (C=O) groups is 2. The van der Waals surface area contributed by atoms with Crippen molar-refractivity contribution in [2.75, 3.05) is 23.7 Å². The van der Waals surface area contributed by atoms with Crippen LogP contribution in [0.3, 0.4) is 0 Å². The van der Waals surface area contributed by atoms with E-state index in [1.54, 1.807) is 12.1 Å². The molecule has 1 saturated heterocycles. The first-order chi connectivity index (χ1) is 12.2. The van der Waals surface area contributed by atoms with Crippen molar-refractivity contribution in [3.05, 3.63) is 46.7 Å². The van der Waals surface area contributed by atoms with Gasteiger partial charge in [-0.3, -0.25) is 9.59 Å². The van der Waals surface area contributed by atoms with Crippen molar-refractivity contribution < 1.29 is 9.59 Å². The van der Waals surface area contributed by atoms with E-state index in [1.807, 2.05) is 29.6 Å². The number of anilines is 2. The zero-order chi connectivity index (χ0) is 17.5. The third kappa shape index (κ3) is 5.41. The first-order valence-corrected chi connectivity index (χ1v) is 9.54. The molecule has 0 unspecified atom stereocenters. The SMILES string of the molecule is O=C(CCC1CCNCC1)Nc1cccc(NC(=O)c2cccs2)c1. The summed E-state index contributed by atoms with van der Waals surface area (Å²) in [6.07, 6.45) is 3.77. The van der Waals surface area contributed by atoms with E-state index in [9.17, 15) is 9.59 Å². The predicted octanol–water partition coefficient (Wildman–Crippen LogP) is 3.72. The first kappa shape index (κ1) is 17.6. The van der Waals surface area contributed by atoms with Crippen LogP contribution in [-0.4, -0.2) is 24.9 Å². The quantitative estimate of drug-likeness (QED) is 0.738. The molecule has 3 rings (SSSR count). The van der Waals surface area contributed by atoms with Crippen LogP contribution in [0.2, 0.25) is 0 Å². The zero-order valence-corrected chi connectivity index (χ0v) is 14.9. The Morgan fingerprint density at radius 1 is 1.08 bits per heavy atom. The van der Waals surface area contributed by atoms with Crippen molar-refractivity contribution in [1.29, 1.82) is 0 Å². The highest BCUT2D eigenvalue weighted by Crippen LogP contribution is 2.20. The van der Waals surface area contributed by atoms with Gasteiger partial charge in [-0.2, -0.15) is 0 Å². The molecule has 1 aromatic carbocycles. The average molecular weight is 357 g/mol. The second-order valence-electron chi connectivity index (χ2n) is 6.29. The van der Waals surface area contributed by atoms with Gasteiger partial charge < -0.3 is 16.0 Å². The molecule has 5 nitrogen and oxygen atoms in total. The topological polar surface area (TPSA) is 70.2 Å². The molecule has 0 spiro atoms. The third-order valence-corrected chi connectivity index (χ3v) is 5.26. The molecule has 1 fully saturated rings. The summed E-state index contributed by atoms with van der Waals surface area (Å²) >= 11 is 1.40. The minimum absolute atomic E-state index is 0.0280. The molecule has 3 N–H and O–H groups in total. The largest absolute Gasteiger partial charge is 0.326 e. The minimum Gasteiger partial charge on any atom is -0.326 e. The van der Waals surface area contributed by atoms with Gasteiger partial charge >= 0.3 is 0 Å². The second-order valence-corrected chi connectivity index (χ2v) is 7.24. The van der Waals surface area contributed by atoms with Crippen LogP contribution in [0.25, 0.3) is 0 Å². The van der Waals surface area contributed by atoms with Gasteiger partial charge in [-0.25, -0.2) is 0 Å². The van der Waals surface area contributed by atoms with Gasteiger partial charge in [0.2, 0.25) is 5.91 Å². The number of benzene rings is 1. The van der Waals surface area contributed by atoms with Gasteiger partial charge in [0.15, 0.2) is 0 Å². The standard InChI is InChI=1S/C19H23N3O2S/c23-18(7-6-14-8-10-20-11-9-14)21-15-3-1-4-16(13-15)22-19(24)17-5-2-12-25-17/h1-5,12-14,20H,6-11H2,(H,21,23)(H,22,24). The van der Waals surface area contributed by atoms with Crippen molar-refractivity contribution in [2.45, 2.75) is 25.7 Å². The Morgan fingerprint density at radius 3 is 2.56 bits per heavy atom. The van der Waals surface area contributed by atoms with Crippen LogP contribution >= 0.6 is 11.3 Å². The number of carbonyl (C=O) groups excluding carboxylic acids is 2. The van der Waals surface area contributed by atoms with Gasteiger partial charge in [-0.05, 0) is 67.9 Å². The molecule has 2 amide bonds. The summed E-state index contributed by atoms with van der Waals surface area (Å²) in [5.74, 6) is 0.535. The summed E-state index contributed by atoms with van der Waals surface area (Å²) in [4.78, 5) is 24.9. The molecular formula is C19H23N3O2S. The molecule has 0 radical (unpaired) electrons. The minimum atomic E-state index is -0.135. The van der Waals surface area contributed by atoms with Crippen LogP contribution in [0.1, 0.15) is 35.4 Å². The van der Waals surface area contributed by atoms with Gasteiger partial charge in [-0.15, -0.1) is 11.3 Å². The maximum atomic E-state index is 12.2. The predicted molar refractivity (Wildman–Crippen MR) is 102 cm³/mol. The lowest BCUT2D eigenvalue weighted by atomic mass is 9.93. The highest BCUT2D eigenvalue weighted by molar-refractivity contribution is 7.12. The van der Waals surface area contributed by atoms with E-state index in [1.165, 1.54) is 11.3 Å². The van der Waals surface area contributed by atoms with E-state index in [2.05, 4.69) is 16.0 Å². The van der Waals surface area contributed by atoms with Crippen LogP contribution < -0.4 is 16.0 Å². The molecule has 1 aromatic heterocycles. The first-order valence-electron chi connectivity index (χ1n) is 8.66. The van der Waals surface area contributed by atoms with E-state index in [4.69, 9.17) is 0 Å². The fourth-order valence-electron chi connectivity index (χ4n) is 3.00. The normalized spacial score (nSPS) is 14.9. The molecule has 1 aliphatic heterocycles. The fraction of sp³-hybridized carbons (Fsp3) is 0.368. The lowest BCUT2D eigenvalue weighted by molar-refractivity contribution is -0.116. The smallest absolute Gasteiger partial charge is 0.265 e. The van der Waals surface area contributed by atoms with Crippen molar-refractivity contribution in [3.8, 4) is 0 Å². The molecule has 0 saturated carbocycles. The number of thiophene rings is 1. The van der Waals surface area contributed by atoms with Crippen molar-refractivity contribution in [3.63, 3.8) is 0 Å². The number of hydrogen-bond acceptors (Lipinski definition) is 4. The Bertz CT molecular complexity index is 709. The summed E-state index contributed by atoms with van der Waals surface area (Å²) in [5.41, 5.74) is 1.38. The van der Waals surface area contributed by atoms with Gasteiger partial charge in [0.1, 0.15) is 0 Å². The Kier molecular flexibility index (Phi) is 6.19. The molecule has 25 heavy (non-hydrogen) atoms. The van der Waals surface area contributed by atoms with Gasteiger partial charge in [0.05, 0.1) is 4.88 Å². The van der Waals surface area contributed by atoms with Crippen molar-refractivity contribution >= 4 is 34.5 Å². The van der Waals surface area contributed by atoms with Gasteiger partial charge in [0, 0.05) is 17.8 Å². The van der Waals surface area contributed by atoms with E-state index in [0.29, 0.717) is 28.6 Å².